The van der Waals surface area contributed by atoms with Gasteiger partial charge in [0, 0.05) is 46.2 Å². The Balaban J connectivity index is 1.68. The van der Waals surface area contributed by atoms with E-state index >= 15 is 0 Å². The molecule has 0 spiro atoms. The zero-order valence-electron chi connectivity index (χ0n) is 20.0. The molecular formula is C26H26ClN3O4S2. The molecule has 1 N–H and O–H groups in total. The first-order valence-electron chi connectivity index (χ1n) is 11.5. The number of nitrogens with one attached hydrogen (secondary N) is 1. The Labute approximate surface area is 219 Å². The maximum Gasteiger partial charge on any atom is 0.261 e. The lowest BCUT2D eigenvalue weighted by Gasteiger charge is -2.26. The van der Waals surface area contributed by atoms with Gasteiger partial charge in [0.05, 0.1) is 30.9 Å². The molecule has 0 bridgehead atoms. The molecule has 188 valence electrons. The molecule has 2 aromatic heterocycles. The number of fused-ring (bicyclic) bond motifs is 1. The number of anilines is 1. The van der Waals surface area contributed by atoms with Crippen molar-refractivity contribution in [2.75, 3.05) is 38.1 Å². The number of benzene rings is 2. The van der Waals surface area contributed by atoms with Gasteiger partial charge in [-0.25, -0.2) is 13.4 Å². The molecule has 0 amide bonds. The van der Waals surface area contributed by atoms with E-state index in [1.807, 2.05) is 31.2 Å². The third-order valence-electron chi connectivity index (χ3n) is 6.04. The highest BCUT2D eigenvalue weighted by atomic mass is 35.5. The quantitative estimate of drug-likeness (QED) is 0.328. The average molecular weight is 544 g/mol. The number of morpholine rings is 1. The van der Waals surface area contributed by atoms with Gasteiger partial charge < -0.3 is 9.47 Å². The number of aryl methyl sites for hydroxylation is 1. The predicted octanol–water partition coefficient (Wildman–Crippen LogP) is 5.57. The largest absolute Gasteiger partial charge is 0.497 e. The molecule has 1 saturated heterocycles. The van der Waals surface area contributed by atoms with Gasteiger partial charge in [-0.05, 0) is 48.9 Å². The first-order chi connectivity index (χ1) is 17.3. The number of pyridine rings is 1. The van der Waals surface area contributed by atoms with Crippen LogP contribution < -0.4 is 9.46 Å². The molecule has 0 aliphatic carbocycles. The summed E-state index contributed by atoms with van der Waals surface area (Å²) in [5.74, 6) is 0.727. The van der Waals surface area contributed by atoms with Crippen LogP contribution in [0.1, 0.15) is 10.6 Å². The zero-order valence-corrected chi connectivity index (χ0v) is 22.3. The molecule has 7 nitrogen and oxygen atoms in total. The number of ether oxygens (including phenoxy) is 2. The summed E-state index contributed by atoms with van der Waals surface area (Å²) in [7, 11) is -2.25. The van der Waals surface area contributed by atoms with Crippen molar-refractivity contribution >= 4 is 48.9 Å². The number of nitrogens with zero attached hydrogens (tertiary/aromatic N) is 2. The van der Waals surface area contributed by atoms with Crippen LogP contribution in [0.5, 0.6) is 5.75 Å². The van der Waals surface area contributed by atoms with Gasteiger partial charge >= 0.3 is 0 Å². The van der Waals surface area contributed by atoms with Crippen LogP contribution in [0.15, 0.2) is 59.5 Å². The van der Waals surface area contributed by atoms with E-state index in [2.05, 4.69) is 9.62 Å². The summed E-state index contributed by atoms with van der Waals surface area (Å²) in [6.45, 7) is 5.65. The first kappa shape index (κ1) is 25.0. The van der Waals surface area contributed by atoms with Crippen molar-refractivity contribution in [1.29, 1.82) is 0 Å². The molecule has 0 unspecified atom stereocenters. The topological polar surface area (TPSA) is 80.8 Å². The second-order valence-corrected chi connectivity index (χ2v) is 11.8. The third-order valence-corrected chi connectivity index (χ3v) is 8.71. The van der Waals surface area contributed by atoms with E-state index in [1.54, 1.807) is 36.6 Å². The molecular weight excluding hydrogens is 518 g/mol. The lowest BCUT2D eigenvalue weighted by molar-refractivity contribution is 0.0347. The van der Waals surface area contributed by atoms with E-state index in [-0.39, 0.29) is 4.90 Å². The maximum atomic E-state index is 13.4. The second-order valence-electron chi connectivity index (χ2n) is 8.57. The van der Waals surface area contributed by atoms with Crippen LogP contribution in [0.25, 0.3) is 21.3 Å². The Morgan fingerprint density at radius 3 is 2.67 bits per heavy atom. The molecule has 1 aliphatic rings. The van der Waals surface area contributed by atoms with Gasteiger partial charge in [-0.3, -0.25) is 9.62 Å². The van der Waals surface area contributed by atoms with Crippen molar-refractivity contribution in [2.45, 2.75) is 18.4 Å². The number of hydrogen-bond donors (Lipinski definition) is 1. The molecule has 10 heteroatoms. The summed E-state index contributed by atoms with van der Waals surface area (Å²) in [5, 5.41) is 1.13. The molecule has 0 atom stereocenters. The van der Waals surface area contributed by atoms with Gasteiger partial charge in [-0.15, -0.1) is 11.3 Å². The van der Waals surface area contributed by atoms with E-state index in [0.717, 1.165) is 57.3 Å². The fourth-order valence-electron chi connectivity index (χ4n) is 4.34. The van der Waals surface area contributed by atoms with E-state index in [4.69, 9.17) is 26.1 Å². The molecule has 1 fully saturated rings. The minimum Gasteiger partial charge on any atom is -0.497 e. The number of aromatic nitrogens is 1. The lowest BCUT2D eigenvalue weighted by atomic mass is 10.0. The second kappa shape index (κ2) is 10.4. The SMILES string of the molecule is COc1cccc(-c2c(CN3CCOCC3)sc3nc(C)cc(NS(=O)(=O)c4cccc(Cl)c4)c23)c1. The molecule has 2 aromatic carbocycles. The summed E-state index contributed by atoms with van der Waals surface area (Å²) >= 11 is 7.67. The molecule has 0 saturated carbocycles. The normalized spacial score (nSPS) is 14.8. The molecule has 36 heavy (non-hydrogen) atoms. The van der Waals surface area contributed by atoms with Crippen molar-refractivity contribution in [1.82, 2.24) is 9.88 Å². The Bertz CT molecular complexity index is 1520. The van der Waals surface area contributed by atoms with Crippen LogP contribution in [0.2, 0.25) is 5.02 Å². The van der Waals surface area contributed by atoms with Gasteiger partial charge in [0.15, 0.2) is 0 Å². The average Bonchev–Trinajstić information content (AvgIpc) is 3.22. The summed E-state index contributed by atoms with van der Waals surface area (Å²) in [4.78, 5) is 9.12. The monoisotopic (exact) mass is 543 g/mol. The minimum absolute atomic E-state index is 0.101. The first-order valence-corrected chi connectivity index (χ1v) is 14.2. The van der Waals surface area contributed by atoms with E-state index in [0.29, 0.717) is 23.9 Å². The van der Waals surface area contributed by atoms with E-state index in [1.165, 1.54) is 12.1 Å². The molecule has 5 rings (SSSR count). The number of halogens is 1. The fraction of sp³-hybridized carbons (Fsp3) is 0.269. The highest BCUT2D eigenvalue weighted by molar-refractivity contribution is 7.92. The molecule has 3 heterocycles. The molecule has 0 radical (unpaired) electrons. The van der Waals surface area contributed by atoms with Crippen molar-refractivity contribution in [3.05, 3.63) is 70.2 Å². The number of methoxy groups -OCH3 is 1. The zero-order chi connectivity index (χ0) is 25.3. The van der Waals surface area contributed by atoms with Crippen LogP contribution in [-0.4, -0.2) is 51.7 Å². The van der Waals surface area contributed by atoms with Crippen LogP contribution in [-0.2, 0) is 21.3 Å². The third kappa shape index (κ3) is 5.21. The standard InChI is InChI=1S/C26H26ClN3O4S2/c1-17-13-22(29-36(31,32)21-8-4-6-19(27)15-21)25-24(18-5-3-7-20(14-18)33-2)23(35-26(25)28-17)16-30-9-11-34-12-10-30/h3-8,13-15H,9-12,16H2,1-2H3,(H,28,29). The predicted molar refractivity (Wildman–Crippen MR) is 145 cm³/mol. The van der Waals surface area contributed by atoms with Gasteiger partial charge in [-0.1, -0.05) is 29.8 Å². The van der Waals surface area contributed by atoms with Crippen molar-refractivity contribution in [3.63, 3.8) is 0 Å². The summed E-state index contributed by atoms with van der Waals surface area (Å²) in [5.41, 5.74) is 3.11. The number of sulfonamides is 1. The van der Waals surface area contributed by atoms with E-state index in [9.17, 15) is 8.42 Å². The minimum atomic E-state index is -3.88. The van der Waals surface area contributed by atoms with Crippen LogP contribution in [0.3, 0.4) is 0 Å². The van der Waals surface area contributed by atoms with Crippen LogP contribution in [0, 0.1) is 6.92 Å². The van der Waals surface area contributed by atoms with E-state index < -0.39 is 10.0 Å². The van der Waals surface area contributed by atoms with Gasteiger partial charge in [-0.2, -0.15) is 0 Å². The maximum absolute atomic E-state index is 13.4. The Morgan fingerprint density at radius 2 is 1.92 bits per heavy atom. The van der Waals surface area contributed by atoms with Gasteiger partial charge in [0.2, 0.25) is 0 Å². The Morgan fingerprint density at radius 1 is 1.14 bits per heavy atom. The lowest BCUT2D eigenvalue weighted by Crippen LogP contribution is -2.35. The summed E-state index contributed by atoms with van der Waals surface area (Å²) in [6, 6.07) is 15.8. The number of thiophene rings is 1. The molecule has 4 aromatic rings. The Kier molecular flexibility index (Phi) is 7.18. The smallest absolute Gasteiger partial charge is 0.261 e. The fourth-order valence-corrected chi connectivity index (χ4v) is 7.01. The van der Waals surface area contributed by atoms with Crippen LogP contribution in [0.4, 0.5) is 5.69 Å². The Hall–Kier alpha value is -2.69. The summed E-state index contributed by atoms with van der Waals surface area (Å²) in [6.07, 6.45) is 0. The number of hydrogen-bond acceptors (Lipinski definition) is 7. The van der Waals surface area contributed by atoms with Crippen molar-refractivity contribution in [2.24, 2.45) is 0 Å². The molecule has 1 aliphatic heterocycles. The van der Waals surface area contributed by atoms with Crippen molar-refractivity contribution in [3.8, 4) is 16.9 Å². The van der Waals surface area contributed by atoms with Gasteiger partial charge in [0.1, 0.15) is 10.6 Å². The van der Waals surface area contributed by atoms with Crippen molar-refractivity contribution < 1.29 is 17.9 Å². The highest BCUT2D eigenvalue weighted by Gasteiger charge is 2.24. The number of rotatable bonds is 7. The van der Waals surface area contributed by atoms with Crippen LogP contribution >= 0.6 is 22.9 Å². The highest BCUT2D eigenvalue weighted by Crippen LogP contribution is 2.44. The summed E-state index contributed by atoms with van der Waals surface area (Å²) < 4.78 is 40.5. The van der Waals surface area contributed by atoms with Gasteiger partial charge in [0.25, 0.3) is 10.0 Å².